The molecule has 0 saturated carbocycles. The summed E-state index contributed by atoms with van der Waals surface area (Å²) in [4.78, 5) is 0. The molecule has 4 heteroatoms. The van der Waals surface area contributed by atoms with E-state index >= 15 is 0 Å². The van der Waals surface area contributed by atoms with E-state index in [1.165, 1.54) is 0 Å². The lowest BCUT2D eigenvalue weighted by molar-refractivity contribution is 0.478. The zero-order chi connectivity index (χ0) is 10.8. The lowest BCUT2D eigenvalue weighted by Crippen LogP contribution is -1.78. The van der Waals surface area contributed by atoms with Crippen LogP contribution < -0.4 is 0 Å². The maximum Gasteiger partial charge on any atom is 0.0797 e. The normalized spacial score (nSPS) is 9.33. The van der Waals surface area contributed by atoms with Crippen molar-refractivity contribution in [2.75, 3.05) is 0 Å². The predicted octanol–water partition coefficient (Wildman–Crippen LogP) is 2.09. The van der Waals surface area contributed by atoms with Crippen molar-refractivity contribution in [1.82, 2.24) is 15.4 Å². The Morgan fingerprint density at radius 1 is 0.933 bits per heavy atom. The molecule has 0 saturated heterocycles. The van der Waals surface area contributed by atoms with Crippen molar-refractivity contribution in [3.05, 3.63) is 60.6 Å². The van der Waals surface area contributed by atoms with Crippen molar-refractivity contribution in [3.8, 4) is 0 Å². The Kier molecular flexibility index (Phi) is 5.21. The van der Waals surface area contributed by atoms with E-state index < -0.39 is 0 Å². The van der Waals surface area contributed by atoms with Crippen molar-refractivity contribution >= 4 is 6.08 Å². The Hall–Kier alpha value is -2.23. The summed E-state index contributed by atoms with van der Waals surface area (Å²) >= 11 is 0. The summed E-state index contributed by atoms with van der Waals surface area (Å²) in [5.41, 5.74) is 1.01. The minimum absolute atomic E-state index is 1.01. The van der Waals surface area contributed by atoms with Gasteiger partial charge in [-0.3, -0.25) is 0 Å². The van der Waals surface area contributed by atoms with Crippen LogP contribution in [0.2, 0.25) is 0 Å². The molecular weight excluding hydrogens is 190 g/mol. The zero-order valence-electron chi connectivity index (χ0n) is 8.06. The van der Waals surface area contributed by atoms with Crippen molar-refractivity contribution in [1.29, 1.82) is 0 Å². The first kappa shape index (κ1) is 10.8. The summed E-state index contributed by atoms with van der Waals surface area (Å²) in [7, 11) is 0. The molecule has 4 nitrogen and oxygen atoms in total. The number of aliphatic hydroxyl groups is 1. The third-order valence-electron chi connectivity index (χ3n) is 1.48. The van der Waals surface area contributed by atoms with E-state index in [-0.39, 0.29) is 0 Å². The predicted molar refractivity (Wildman–Crippen MR) is 57.9 cm³/mol. The largest absolute Gasteiger partial charge is 0.516 e. The molecule has 0 aliphatic carbocycles. The van der Waals surface area contributed by atoms with Gasteiger partial charge < -0.3 is 5.11 Å². The summed E-state index contributed by atoms with van der Waals surface area (Å²) in [5, 5.41) is 18.5. The second-order valence-corrected chi connectivity index (χ2v) is 2.54. The number of aliphatic hydroxyl groups excluding tert-OH is 1. The summed E-state index contributed by atoms with van der Waals surface area (Å²) in [6.45, 7) is 0. The fourth-order valence-electron chi connectivity index (χ4n) is 0.855. The maximum atomic E-state index is 8.34. The second-order valence-electron chi connectivity index (χ2n) is 2.54. The van der Waals surface area contributed by atoms with Gasteiger partial charge in [-0.1, -0.05) is 30.3 Å². The lowest BCUT2D eigenvalue weighted by atomic mass is 10.2. The number of hydrogen-bond donors (Lipinski definition) is 1. The van der Waals surface area contributed by atoms with E-state index in [1.807, 2.05) is 30.3 Å². The third kappa shape index (κ3) is 5.15. The molecule has 0 atom stereocenters. The molecule has 1 aromatic carbocycles. The molecule has 0 unspecified atom stereocenters. The van der Waals surface area contributed by atoms with Crippen LogP contribution in [0.1, 0.15) is 5.56 Å². The third-order valence-corrected chi connectivity index (χ3v) is 1.48. The lowest BCUT2D eigenvalue weighted by Gasteiger charge is -1.86. The topological polar surface area (TPSA) is 58.9 Å². The Labute approximate surface area is 87.9 Å². The molecule has 0 spiro atoms. The van der Waals surface area contributed by atoms with Gasteiger partial charge in [0, 0.05) is 0 Å². The van der Waals surface area contributed by atoms with Gasteiger partial charge in [-0.25, -0.2) is 0 Å². The van der Waals surface area contributed by atoms with Crippen molar-refractivity contribution < 1.29 is 5.11 Å². The first-order valence-electron chi connectivity index (χ1n) is 4.37. The first-order chi connectivity index (χ1) is 7.43. The molecule has 0 aliphatic heterocycles. The first-order valence-corrected chi connectivity index (χ1v) is 4.37. The van der Waals surface area contributed by atoms with Crippen LogP contribution >= 0.6 is 0 Å². The molecule has 1 heterocycles. The van der Waals surface area contributed by atoms with Gasteiger partial charge in [-0.15, -0.1) is 10.2 Å². The summed E-state index contributed by atoms with van der Waals surface area (Å²) in [6, 6.07) is 11.4. The molecule has 2 rings (SSSR count). The van der Waals surface area contributed by atoms with Gasteiger partial charge in [-0.2, -0.15) is 0 Å². The Bertz CT molecular complexity index is 349. The van der Waals surface area contributed by atoms with Gasteiger partial charge in [0.05, 0.1) is 18.7 Å². The number of aromatic nitrogens is 3. The Balaban J connectivity index is 0.000000162. The molecule has 1 aromatic heterocycles. The quantitative estimate of drug-likeness (QED) is 0.717. The SMILES string of the molecule is OC=Cc1ccccc1.c1cnnnc1. The summed E-state index contributed by atoms with van der Waals surface area (Å²) < 4.78 is 0. The zero-order valence-corrected chi connectivity index (χ0v) is 8.06. The minimum Gasteiger partial charge on any atom is -0.516 e. The average molecular weight is 201 g/mol. The van der Waals surface area contributed by atoms with Crippen LogP contribution in [0.5, 0.6) is 0 Å². The van der Waals surface area contributed by atoms with Gasteiger partial charge in [0.15, 0.2) is 0 Å². The molecule has 0 amide bonds. The highest BCUT2D eigenvalue weighted by Crippen LogP contribution is 1.98. The molecule has 2 aromatic rings. The van der Waals surface area contributed by atoms with E-state index in [2.05, 4.69) is 15.4 Å². The highest BCUT2D eigenvalue weighted by atomic mass is 16.2. The molecule has 15 heavy (non-hydrogen) atoms. The van der Waals surface area contributed by atoms with Gasteiger partial charge in [0.1, 0.15) is 0 Å². The summed E-state index contributed by atoms with van der Waals surface area (Å²) in [5.74, 6) is 0. The van der Waals surface area contributed by atoms with Gasteiger partial charge >= 0.3 is 0 Å². The number of rotatable bonds is 1. The molecule has 1 N–H and O–H groups in total. The highest BCUT2D eigenvalue weighted by molar-refractivity contribution is 5.47. The van der Waals surface area contributed by atoms with Gasteiger partial charge in [0.2, 0.25) is 0 Å². The number of benzene rings is 1. The molecule has 0 bridgehead atoms. The highest BCUT2D eigenvalue weighted by Gasteiger charge is 1.78. The maximum absolute atomic E-state index is 8.34. The van der Waals surface area contributed by atoms with Crippen LogP contribution in [0.15, 0.2) is 55.1 Å². The Morgan fingerprint density at radius 3 is 2.00 bits per heavy atom. The molecule has 0 aliphatic rings. The van der Waals surface area contributed by atoms with Crippen LogP contribution in [0, 0.1) is 0 Å². The molecule has 0 fully saturated rings. The van der Waals surface area contributed by atoms with Gasteiger partial charge in [-0.05, 0) is 22.9 Å². The number of hydrogen-bond acceptors (Lipinski definition) is 4. The Morgan fingerprint density at radius 2 is 1.60 bits per heavy atom. The van der Waals surface area contributed by atoms with Crippen LogP contribution in [0.25, 0.3) is 6.08 Å². The van der Waals surface area contributed by atoms with E-state index in [9.17, 15) is 0 Å². The smallest absolute Gasteiger partial charge is 0.0797 e. The fourth-order valence-corrected chi connectivity index (χ4v) is 0.855. The minimum atomic E-state index is 1.01. The van der Waals surface area contributed by atoms with Crippen LogP contribution in [-0.2, 0) is 0 Å². The van der Waals surface area contributed by atoms with Crippen LogP contribution in [0.4, 0.5) is 0 Å². The van der Waals surface area contributed by atoms with Crippen molar-refractivity contribution in [2.45, 2.75) is 0 Å². The monoisotopic (exact) mass is 201 g/mol. The fraction of sp³-hybridized carbons (Fsp3) is 0. The van der Waals surface area contributed by atoms with Crippen LogP contribution in [-0.4, -0.2) is 20.5 Å². The van der Waals surface area contributed by atoms with E-state index in [0.717, 1.165) is 11.8 Å². The van der Waals surface area contributed by atoms with Gasteiger partial charge in [0.25, 0.3) is 0 Å². The van der Waals surface area contributed by atoms with Crippen molar-refractivity contribution in [2.24, 2.45) is 0 Å². The standard InChI is InChI=1S/C8H8O.C3H3N3/c9-7-6-8-4-2-1-3-5-8;1-2-4-6-5-3-1/h1-7,9H;1-3H. The van der Waals surface area contributed by atoms with Crippen molar-refractivity contribution in [3.63, 3.8) is 0 Å². The summed E-state index contributed by atoms with van der Waals surface area (Å²) in [6.07, 6.45) is 5.83. The van der Waals surface area contributed by atoms with E-state index in [4.69, 9.17) is 5.11 Å². The second kappa shape index (κ2) is 7.20. The molecule has 76 valence electrons. The average Bonchev–Trinajstić information content (AvgIpc) is 2.34. The van der Waals surface area contributed by atoms with E-state index in [0.29, 0.717) is 0 Å². The molecular formula is C11H11N3O. The van der Waals surface area contributed by atoms with Crippen LogP contribution in [0.3, 0.4) is 0 Å². The molecule has 0 radical (unpaired) electrons. The number of nitrogens with zero attached hydrogens (tertiary/aromatic N) is 3. The van der Waals surface area contributed by atoms with E-state index in [1.54, 1.807) is 24.5 Å².